The number of aromatic nitrogens is 3. The molecule has 1 aliphatic rings. The van der Waals surface area contributed by atoms with Crippen LogP contribution >= 0.6 is 11.3 Å². The molecule has 0 atom stereocenters. The second kappa shape index (κ2) is 9.29. The zero-order valence-electron chi connectivity index (χ0n) is 18.2. The van der Waals surface area contributed by atoms with Crippen LogP contribution in [0.4, 0.5) is 25.0 Å². The van der Waals surface area contributed by atoms with E-state index in [9.17, 15) is 9.59 Å². The molecule has 0 saturated carbocycles. The number of fused-ring (bicyclic) bond motifs is 1. The van der Waals surface area contributed by atoms with Crippen molar-refractivity contribution in [2.45, 2.75) is 6.54 Å². The molecule has 0 bridgehead atoms. The SMILES string of the molecule is O=C(O)Oc1cn(Cc2nccs2)c2c(F)c(N3CCN(c4ccncc4)CC3)c(F)cc2c1=O. The summed E-state index contributed by atoms with van der Waals surface area (Å²) >= 11 is 1.31. The molecule has 0 spiro atoms. The molecule has 12 heteroatoms. The zero-order chi connectivity index (χ0) is 24.5. The van der Waals surface area contributed by atoms with E-state index >= 15 is 8.78 Å². The first-order chi connectivity index (χ1) is 16.9. The molecule has 1 N–H and O–H groups in total. The summed E-state index contributed by atoms with van der Waals surface area (Å²) < 4.78 is 37.1. The Morgan fingerprint density at radius 2 is 1.83 bits per heavy atom. The number of rotatable bonds is 5. The van der Waals surface area contributed by atoms with Crippen LogP contribution in [0.3, 0.4) is 0 Å². The smallest absolute Gasteiger partial charge is 0.449 e. The van der Waals surface area contributed by atoms with Gasteiger partial charge in [0.05, 0.1) is 23.6 Å². The molecule has 1 aliphatic heterocycles. The van der Waals surface area contributed by atoms with Crippen molar-refractivity contribution in [3.8, 4) is 5.75 Å². The van der Waals surface area contributed by atoms with Crippen molar-refractivity contribution in [2.75, 3.05) is 36.0 Å². The maximum atomic E-state index is 16.0. The van der Waals surface area contributed by atoms with Gasteiger partial charge in [-0.2, -0.15) is 0 Å². The van der Waals surface area contributed by atoms with Gasteiger partial charge in [-0.3, -0.25) is 9.78 Å². The first kappa shape index (κ1) is 22.7. The monoisotopic (exact) mass is 499 g/mol. The summed E-state index contributed by atoms with van der Waals surface area (Å²) in [4.78, 5) is 35.8. The lowest BCUT2D eigenvalue weighted by atomic mass is 10.1. The zero-order valence-corrected chi connectivity index (χ0v) is 19.0. The highest BCUT2D eigenvalue weighted by Gasteiger charge is 2.27. The van der Waals surface area contributed by atoms with Gasteiger partial charge in [-0.15, -0.1) is 11.3 Å². The van der Waals surface area contributed by atoms with Crippen LogP contribution in [0.25, 0.3) is 10.9 Å². The van der Waals surface area contributed by atoms with Crippen molar-refractivity contribution >= 4 is 39.8 Å². The van der Waals surface area contributed by atoms with E-state index in [1.165, 1.54) is 15.9 Å². The van der Waals surface area contributed by atoms with E-state index in [0.29, 0.717) is 31.2 Å². The van der Waals surface area contributed by atoms with Gasteiger partial charge in [-0.1, -0.05) is 0 Å². The first-order valence-electron chi connectivity index (χ1n) is 10.7. The number of hydrogen-bond acceptors (Lipinski definition) is 8. The van der Waals surface area contributed by atoms with Gasteiger partial charge in [0.15, 0.2) is 11.6 Å². The fourth-order valence-electron chi connectivity index (χ4n) is 4.25. The molecule has 0 radical (unpaired) electrons. The van der Waals surface area contributed by atoms with Gasteiger partial charge in [0.25, 0.3) is 0 Å². The highest BCUT2D eigenvalue weighted by atomic mass is 32.1. The van der Waals surface area contributed by atoms with Gasteiger partial charge >= 0.3 is 6.16 Å². The molecule has 0 amide bonds. The lowest BCUT2D eigenvalue weighted by Gasteiger charge is -2.37. The molecule has 180 valence electrons. The Kier molecular flexibility index (Phi) is 6.03. The van der Waals surface area contributed by atoms with E-state index < -0.39 is 29.0 Å². The fraction of sp³-hybridized carbons (Fsp3) is 0.217. The Bertz CT molecular complexity index is 1440. The maximum Gasteiger partial charge on any atom is 0.511 e. The molecular weight excluding hydrogens is 480 g/mol. The summed E-state index contributed by atoms with van der Waals surface area (Å²) in [6.07, 6.45) is 4.37. The maximum absolute atomic E-state index is 16.0. The van der Waals surface area contributed by atoms with Crippen molar-refractivity contribution in [1.29, 1.82) is 0 Å². The van der Waals surface area contributed by atoms with Crippen LogP contribution in [0.2, 0.25) is 0 Å². The Balaban J connectivity index is 1.57. The Hall–Kier alpha value is -4.06. The molecule has 1 aromatic carbocycles. The number of pyridine rings is 2. The fourth-order valence-corrected chi connectivity index (χ4v) is 4.87. The molecule has 3 aromatic heterocycles. The molecule has 4 heterocycles. The van der Waals surface area contributed by atoms with Crippen LogP contribution in [0.1, 0.15) is 5.01 Å². The number of ether oxygens (including phenoxy) is 1. The summed E-state index contributed by atoms with van der Waals surface area (Å²) in [5.41, 5.74) is -0.311. The molecule has 9 nitrogen and oxygen atoms in total. The predicted molar refractivity (Wildman–Crippen MR) is 127 cm³/mol. The minimum absolute atomic E-state index is 0.0439. The number of piperazine rings is 1. The van der Waals surface area contributed by atoms with Crippen molar-refractivity contribution in [3.63, 3.8) is 0 Å². The van der Waals surface area contributed by atoms with E-state index in [1.807, 2.05) is 12.1 Å². The van der Waals surface area contributed by atoms with Gasteiger partial charge in [-0.05, 0) is 18.2 Å². The third kappa shape index (κ3) is 4.39. The summed E-state index contributed by atoms with van der Waals surface area (Å²) in [6, 6.07) is 4.69. The van der Waals surface area contributed by atoms with Crippen LogP contribution in [-0.2, 0) is 6.54 Å². The molecular formula is C23H19F2N5O4S. The van der Waals surface area contributed by atoms with E-state index in [2.05, 4.69) is 19.6 Å². The topological polar surface area (TPSA) is 101 Å². The van der Waals surface area contributed by atoms with Crippen LogP contribution in [-0.4, -0.2) is 52.0 Å². The van der Waals surface area contributed by atoms with E-state index in [4.69, 9.17) is 5.11 Å². The molecule has 4 aromatic rings. The molecule has 1 fully saturated rings. The minimum Gasteiger partial charge on any atom is -0.449 e. The second-order valence-electron chi connectivity index (χ2n) is 7.84. The Labute approximate surface area is 201 Å². The van der Waals surface area contributed by atoms with Crippen molar-refractivity contribution in [1.82, 2.24) is 14.5 Å². The predicted octanol–water partition coefficient (Wildman–Crippen LogP) is 3.56. The van der Waals surface area contributed by atoms with Crippen LogP contribution in [0.15, 0.2) is 53.2 Å². The molecule has 35 heavy (non-hydrogen) atoms. The minimum atomic E-state index is -1.70. The average molecular weight is 499 g/mol. The number of hydrogen-bond donors (Lipinski definition) is 1. The van der Waals surface area contributed by atoms with Gasteiger partial charge in [-0.25, -0.2) is 18.6 Å². The van der Waals surface area contributed by atoms with Crippen LogP contribution in [0, 0.1) is 11.6 Å². The molecule has 5 rings (SSSR count). The summed E-state index contributed by atoms with van der Waals surface area (Å²) in [7, 11) is 0. The lowest BCUT2D eigenvalue weighted by Crippen LogP contribution is -2.47. The summed E-state index contributed by atoms with van der Waals surface area (Å²) in [5, 5.41) is 11.0. The number of anilines is 2. The number of benzene rings is 1. The van der Waals surface area contributed by atoms with Crippen molar-refractivity contribution in [2.24, 2.45) is 0 Å². The largest absolute Gasteiger partial charge is 0.511 e. The molecule has 0 unspecified atom stereocenters. The third-order valence-corrected chi connectivity index (χ3v) is 6.57. The van der Waals surface area contributed by atoms with E-state index in [-0.39, 0.29) is 23.1 Å². The summed E-state index contributed by atoms with van der Waals surface area (Å²) in [5.74, 6) is -2.34. The number of carbonyl (C=O) groups is 1. The van der Waals surface area contributed by atoms with Crippen LogP contribution < -0.4 is 20.0 Å². The van der Waals surface area contributed by atoms with E-state index in [0.717, 1.165) is 18.0 Å². The number of halogens is 2. The Morgan fingerprint density at radius 1 is 1.11 bits per heavy atom. The van der Waals surface area contributed by atoms with E-state index in [1.54, 1.807) is 28.9 Å². The lowest BCUT2D eigenvalue weighted by molar-refractivity contribution is 0.144. The molecule has 1 saturated heterocycles. The Morgan fingerprint density at radius 3 is 2.49 bits per heavy atom. The average Bonchev–Trinajstić information content (AvgIpc) is 3.36. The van der Waals surface area contributed by atoms with Gasteiger partial charge in [0, 0.05) is 55.8 Å². The number of carboxylic acid groups (broad SMARTS) is 1. The van der Waals surface area contributed by atoms with Crippen molar-refractivity contribution < 1.29 is 23.4 Å². The quantitative estimate of drug-likeness (QED) is 0.416. The normalized spacial score (nSPS) is 13.9. The standard InChI is InChI=1S/C23H19F2N5O4S/c24-16-11-15-20(30(13-18-27-5-10-35-18)12-17(22(15)31)34-23(32)33)19(25)21(16)29-8-6-28(7-9-29)14-1-3-26-4-2-14/h1-5,10-12H,6-9,13H2,(H,32,33). The van der Waals surface area contributed by atoms with Crippen molar-refractivity contribution in [3.05, 3.63) is 75.2 Å². The first-order valence-corrected chi connectivity index (χ1v) is 11.5. The van der Waals surface area contributed by atoms with Gasteiger partial charge in [0.1, 0.15) is 16.5 Å². The number of nitrogens with zero attached hydrogens (tertiary/aromatic N) is 5. The van der Waals surface area contributed by atoms with Gasteiger partial charge in [0.2, 0.25) is 5.43 Å². The highest BCUT2D eigenvalue weighted by molar-refractivity contribution is 7.09. The highest BCUT2D eigenvalue weighted by Crippen LogP contribution is 2.32. The molecule has 0 aliphatic carbocycles. The van der Waals surface area contributed by atoms with Gasteiger partial charge < -0.3 is 24.2 Å². The van der Waals surface area contributed by atoms with Crippen LogP contribution in [0.5, 0.6) is 5.75 Å². The number of thiazole rings is 1. The second-order valence-corrected chi connectivity index (χ2v) is 8.82. The third-order valence-electron chi connectivity index (χ3n) is 5.81. The summed E-state index contributed by atoms with van der Waals surface area (Å²) in [6.45, 7) is 1.84.